The van der Waals surface area contributed by atoms with Crippen molar-refractivity contribution in [3.8, 4) is 0 Å². The summed E-state index contributed by atoms with van der Waals surface area (Å²) in [4.78, 5) is 0. The summed E-state index contributed by atoms with van der Waals surface area (Å²) in [6, 6.07) is 8.39. The summed E-state index contributed by atoms with van der Waals surface area (Å²) in [5, 5.41) is 9.35. The van der Waals surface area contributed by atoms with Crippen LogP contribution in [0.25, 0.3) is 10.9 Å². The number of aryl methyl sites for hydroxylation is 1. The highest BCUT2D eigenvalue weighted by atomic mass is 15.3. The van der Waals surface area contributed by atoms with E-state index in [1.807, 2.05) is 11.7 Å². The Bertz CT molecular complexity index is 506. The van der Waals surface area contributed by atoms with E-state index in [9.17, 15) is 0 Å². The summed E-state index contributed by atoms with van der Waals surface area (Å²) in [5.41, 5.74) is 2.56. The van der Waals surface area contributed by atoms with Gasteiger partial charge in [0.2, 0.25) is 0 Å². The Balaban J connectivity index is 2.14. The summed E-state index contributed by atoms with van der Waals surface area (Å²) in [6.07, 6.45) is 0.971. The van der Waals surface area contributed by atoms with Gasteiger partial charge < -0.3 is 5.32 Å². The second kappa shape index (κ2) is 4.49. The number of hydrogen-bond acceptors (Lipinski definition) is 2. The van der Waals surface area contributed by atoms with Crippen LogP contribution >= 0.6 is 0 Å². The lowest BCUT2D eigenvalue weighted by molar-refractivity contribution is 0.428. The first-order valence-corrected chi connectivity index (χ1v) is 6.13. The predicted molar refractivity (Wildman–Crippen MR) is 72.2 cm³/mol. The summed E-state index contributed by atoms with van der Waals surface area (Å²) in [5.74, 6) is 0. The van der Waals surface area contributed by atoms with Crippen molar-refractivity contribution in [2.45, 2.75) is 32.7 Å². The highest BCUT2D eigenvalue weighted by Crippen LogP contribution is 2.17. The molecule has 0 spiro atoms. The van der Waals surface area contributed by atoms with E-state index in [0.717, 1.165) is 13.0 Å². The zero-order valence-corrected chi connectivity index (χ0v) is 11.1. The number of nitrogens with one attached hydrogen (secondary N) is 1. The summed E-state index contributed by atoms with van der Waals surface area (Å²) in [6.45, 7) is 7.51. The maximum Gasteiger partial charge on any atom is 0.0715 e. The molecule has 1 aromatic heterocycles. The van der Waals surface area contributed by atoms with E-state index in [1.165, 1.54) is 16.6 Å². The lowest BCUT2D eigenvalue weighted by atomic mass is 10.1. The molecule has 3 heteroatoms. The number of para-hydroxylation sites is 1. The highest BCUT2D eigenvalue weighted by molar-refractivity contribution is 5.81. The molecule has 0 aliphatic rings. The van der Waals surface area contributed by atoms with E-state index >= 15 is 0 Å². The molecule has 92 valence electrons. The first-order valence-electron chi connectivity index (χ1n) is 6.13. The molecular formula is C14H21N3. The lowest BCUT2D eigenvalue weighted by Crippen LogP contribution is -2.37. The van der Waals surface area contributed by atoms with Crippen molar-refractivity contribution in [3.63, 3.8) is 0 Å². The molecule has 0 bridgehead atoms. The van der Waals surface area contributed by atoms with Crippen LogP contribution in [-0.2, 0) is 13.5 Å². The number of nitrogens with zero attached hydrogens (tertiary/aromatic N) is 2. The zero-order chi connectivity index (χ0) is 12.5. The van der Waals surface area contributed by atoms with Gasteiger partial charge in [-0.25, -0.2) is 0 Å². The number of rotatable bonds is 3. The average Bonchev–Trinajstić information content (AvgIpc) is 2.55. The van der Waals surface area contributed by atoms with Crippen LogP contribution in [-0.4, -0.2) is 21.9 Å². The molecule has 0 aliphatic carbocycles. The van der Waals surface area contributed by atoms with Crippen LogP contribution < -0.4 is 5.32 Å². The van der Waals surface area contributed by atoms with Gasteiger partial charge in [0.25, 0.3) is 0 Å². The van der Waals surface area contributed by atoms with E-state index < -0.39 is 0 Å². The number of benzene rings is 1. The summed E-state index contributed by atoms with van der Waals surface area (Å²) in [7, 11) is 2.00. The van der Waals surface area contributed by atoms with Crippen molar-refractivity contribution in [2.24, 2.45) is 7.05 Å². The smallest absolute Gasteiger partial charge is 0.0715 e. The quantitative estimate of drug-likeness (QED) is 0.879. The van der Waals surface area contributed by atoms with E-state index in [0.29, 0.717) is 0 Å². The van der Waals surface area contributed by atoms with Gasteiger partial charge in [0, 0.05) is 30.9 Å². The highest BCUT2D eigenvalue weighted by Gasteiger charge is 2.10. The molecule has 1 N–H and O–H groups in total. The Kier molecular flexibility index (Phi) is 3.20. The minimum Gasteiger partial charge on any atom is -0.312 e. The standard InChI is InChI=1S/C14H21N3/c1-14(2,3)15-10-9-12-11-7-5-6-8-13(11)17(4)16-12/h5-8,15H,9-10H2,1-4H3. The third kappa shape index (κ3) is 2.86. The van der Waals surface area contributed by atoms with Crippen LogP contribution in [0, 0.1) is 0 Å². The molecule has 0 fully saturated rings. The molecule has 0 amide bonds. The van der Waals surface area contributed by atoms with Gasteiger partial charge in [0.05, 0.1) is 11.2 Å². The van der Waals surface area contributed by atoms with Crippen LogP contribution in [0.1, 0.15) is 26.5 Å². The Hall–Kier alpha value is -1.35. The van der Waals surface area contributed by atoms with E-state index in [1.54, 1.807) is 0 Å². The molecule has 0 unspecified atom stereocenters. The molecule has 1 heterocycles. The Morgan fingerprint density at radius 1 is 1.24 bits per heavy atom. The maximum absolute atomic E-state index is 4.59. The second-order valence-electron chi connectivity index (χ2n) is 5.51. The van der Waals surface area contributed by atoms with E-state index in [4.69, 9.17) is 0 Å². The molecule has 2 aromatic rings. The molecule has 0 saturated carbocycles. The van der Waals surface area contributed by atoms with Crippen molar-refractivity contribution < 1.29 is 0 Å². The van der Waals surface area contributed by atoms with Crippen molar-refractivity contribution in [1.82, 2.24) is 15.1 Å². The number of fused-ring (bicyclic) bond motifs is 1. The van der Waals surface area contributed by atoms with Gasteiger partial charge in [0.15, 0.2) is 0 Å². The molecule has 0 atom stereocenters. The fourth-order valence-electron chi connectivity index (χ4n) is 2.03. The largest absolute Gasteiger partial charge is 0.312 e. The Morgan fingerprint density at radius 2 is 1.94 bits per heavy atom. The topological polar surface area (TPSA) is 29.9 Å². The lowest BCUT2D eigenvalue weighted by Gasteiger charge is -2.19. The van der Waals surface area contributed by atoms with Gasteiger partial charge in [-0.1, -0.05) is 18.2 Å². The molecule has 2 rings (SSSR count). The van der Waals surface area contributed by atoms with Gasteiger partial charge in [-0.2, -0.15) is 5.10 Å². The maximum atomic E-state index is 4.59. The van der Waals surface area contributed by atoms with E-state index in [-0.39, 0.29) is 5.54 Å². The van der Waals surface area contributed by atoms with Crippen LogP contribution in [0.5, 0.6) is 0 Å². The molecule has 0 radical (unpaired) electrons. The van der Waals surface area contributed by atoms with Gasteiger partial charge in [-0.05, 0) is 26.8 Å². The number of hydrogen-bond donors (Lipinski definition) is 1. The summed E-state index contributed by atoms with van der Waals surface area (Å²) < 4.78 is 1.96. The third-order valence-electron chi connectivity index (χ3n) is 2.85. The van der Waals surface area contributed by atoms with Crippen LogP contribution in [0.4, 0.5) is 0 Å². The van der Waals surface area contributed by atoms with Crippen LogP contribution in [0.3, 0.4) is 0 Å². The van der Waals surface area contributed by atoms with Crippen LogP contribution in [0.2, 0.25) is 0 Å². The van der Waals surface area contributed by atoms with Gasteiger partial charge in [-0.3, -0.25) is 4.68 Å². The normalized spacial score (nSPS) is 12.2. The minimum atomic E-state index is 0.171. The van der Waals surface area contributed by atoms with Gasteiger partial charge in [-0.15, -0.1) is 0 Å². The average molecular weight is 231 g/mol. The first-order chi connectivity index (χ1) is 7.97. The zero-order valence-electron chi connectivity index (χ0n) is 11.1. The molecule has 0 saturated heterocycles. The Labute approximate surface area is 103 Å². The molecular weight excluding hydrogens is 210 g/mol. The van der Waals surface area contributed by atoms with Crippen LogP contribution in [0.15, 0.2) is 24.3 Å². The Morgan fingerprint density at radius 3 is 2.65 bits per heavy atom. The van der Waals surface area contributed by atoms with Crippen molar-refractivity contribution in [2.75, 3.05) is 6.54 Å². The first kappa shape index (κ1) is 12.1. The minimum absolute atomic E-state index is 0.171. The molecule has 1 aromatic carbocycles. The molecule has 17 heavy (non-hydrogen) atoms. The fourth-order valence-corrected chi connectivity index (χ4v) is 2.03. The predicted octanol–water partition coefficient (Wildman–Crippen LogP) is 2.50. The number of aromatic nitrogens is 2. The van der Waals surface area contributed by atoms with Gasteiger partial charge >= 0.3 is 0 Å². The van der Waals surface area contributed by atoms with E-state index in [2.05, 4.69) is 55.5 Å². The second-order valence-corrected chi connectivity index (χ2v) is 5.51. The van der Waals surface area contributed by atoms with Crippen molar-refractivity contribution in [3.05, 3.63) is 30.0 Å². The summed E-state index contributed by atoms with van der Waals surface area (Å²) >= 11 is 0. The van der Waals surface area contributed by atoms with Crippen molar-refractivity contribution >= 4 is 10.9 Å². The SMILES string of the molecule is Cn1nc(CCNC(C)(C)C)c2ccccc21. The fraction of sp³-hybridized carbons (Fsp3) is 0.500. The third-order valence-corrected chi connectivity index (χ3v) is 2.85. The van der Waals surface area contributed by atoms with Crippen molar-refractivity contribution in [1.29, 1.82) is 0 Å². The monoisotopic (exact) mass is 231 g/mol. The molecule has 0 aliphatic heterocycles. The molecule has 3 nitrogen and oxygen atoms in total. The van der Waals surface area contributed by atoms with Gasteiger partial charge in [0.1, 0.15) is 0 Å².